The van der Waals surface area contributed by atoms with Gasteiger partial charge in [0, 0.05) is 24.3 Å². The van der Waals surface area contributed by atoms with Gasteiger partial charge in [0.25, 0.3) is 0 Å². The van der Waals surface area contributed by atoms with E-state index in [1.165, 1.54) is 12.3 Å². The summed E-state index contributed by atoms with van der Waals surface area (Å²) in [6.07, 6.45) is 1.42. The normalized spacial score (nSPS) is 11.0. The lowest BCUT2D eigenvalue weighted by molar-refractivity contribution is 0.395. The third-order valence-corrected chi connectivity index (χ3v) is 4.12. The minimum Gasteiger partial charge on any atom is -0.359 e. The largest absolute Gasteiger partial charge is 0.359 e. The SMILES string of the molecule is N#Cc1c(-c2c(Cl)cccc2Cl)noc1CC=Nc1ccc(F)cc1F. The van der Waals surface area contributed by atoms with Gasteiger partial charge in [-0.05, 0) is 24.3 Å². The van der Waals surface area contributed by atoms with Crippen LogP contribution in [-0.2, 0) is 6.42 Å². The molecule has 8 heteroatoms. The Hall–Kier alpha value is -2.75. The lowest BCUT2D eigenvalue weighted by Gasteiger charge is -2.02. The Labute approximate surface area is 157 Å². The predicted octanol–water partition coefficient (Wildman–Crippen LogP) is 5.74. The van der Waals surface area contributed by atoms with E-state index in [1.807, 2.05) is 6.07 Å². The van der Waals surface area contributed by atoms with Gasteiger partial charge in [-0.1, -0.05) is 34.4 Å². The fourth-order valence-corrected chi connectivity index (χ4v) is 2.86. The van der Waals surface area contributed by atoms with Crippen LogP contribution in [0.1, 0.15) is 11.3 Å². The van der Waals surface area contributed by atoms with Crippen LogP contribution in [0.5, 0.6) is 0 Å². The van der Waals surface area contributed by atoms with Crippen LogP contribution in [0.3, 0.4) is 0 Å². The molecule has 2 aromatic carbocycles. The van der Waals surface area contributed by atoms with Crippen molar-refractivity contribution in [2.75, 3.05) is 0 Å². The number of aromatic nitrogens is 1. The van der Waals surface area contributed by atoms with Crippen LogP contribution >= 0.6 is 23.2 Å². The first-order chi connectivity index (χ1) is 12.5. The van der Waals surface area contributed by atoms with Crippen molar-refractivity contribution in [3.8, 4) is 17.3 Å². The molecule has 3 aromatic rings. The molecule has 0 spiro atoms. The van der Waals surface area contributed by atoms with Gasteiger partial charge in [0.15, 0.2) is 11.6 Å². The van der Waals surface area contributed by atoms with Gasteiger partial charge in [-0.2, -0.15) is 5.26 Å². The number of aliphatic imine (C=N–C) groups is 1. The van der Waals surface area contributed by atoms with Gasteiger partial charge in [0.05, 0.1) is 15.7 Å². The fraction of sp³-hybridized carbons (Fsp3) is 0.0556. The first-order valence-corrected chi connectivity index (χ1v) is 8.07. The molecule has 0 aliphatic heterocycles. The van der Waals surface area contributed by atoms with Crippen LogP contribution < -0.4 is 0 Å². The Balaban J connectivity index is 1.90. The van der Waals surface area contributed by atoms with E-state index in [4.69, 9.17) is 27.7 Å². The topological polar surface area (TPSA) is 62.2 Å². The Morgan fingerprint density at radius 1 is 1.19 bits per heavy atom. The standard InChI is InChI=1S/C18H9Cl2F2N3O/c19-12-2-1-3-13(20)17(12)18-11(9-23)16(26-25-18)6-7-24-15-5-4-10(21)8-14(15)22/h1-5,7-8H,6H2. The molecular formula is C18H9Cl2F2N3O. The first-order valence-electron chi connectivity index (χ1n) is 7.32. The van der Waals surface area contributed by atoms with Gasteiger partial charge in [-0.15, -0.1) is 0 Å². The molecule has 1 heterocycles. The summed E-state index contributed by atoms with van der Waals surface area (Å²) in [6, 6.07) is 9.97. The van der Waals surface area contributed by atoms with Crippen molar-refractivity contribution in [1.29, 1.82) is 5.26 Å². The molecule has 0 bridgehead atoms. The lowest BCUT2D eigenvalue weighted by atomic mass is 10.1. The molecule has 0 aliphatic carbocycles. The van der Waals surface area contributed by atoms with Crippen LogP contribution in [0, 0.1) is 23.0 Å². The molecule has 26 heavy (non-hydrogen) atoms. The third kappa shape index (κ3) is 3.59. The Kier molecular flexibility index (Phi) is 5.31. The van der Waals surface area contributed by atoms with Crippen LogP contribution in [0.25, 0.3) is 11.3 Å². The average molecular weight is 392 g/mol. The third-order valence-electron chi connectivity index (χ3n) is 3.49. The van der Waals surface area contributed by atoms with Gasteiger partial charge in [0.1, 0.15) is 23.1 Å². The molecule has 0 radical (unpaired) electrons. The number of nitriles is 1. The summed E-state index contributed by atoms with van der Waals surface area (Å²) in [7, 11) is 0. The highest BCUT2D eigenvalue weighted by molar-refractivity contribution is 6.39. The zero-order valence-electron chi connectivity index (χ0n) is 13.0. The smallest absolute Gasteiger partial charge is 0.160 e. The quantitative estimate of drug-likeness (QED) is 0.532. The zero-order chi connectivity index (χ0) is 18.7. The molecule has 0 atom stereocenters. The van der Waals surface area contributed by atoms with Gasteiger partial charge in [-0.3, -0.25) is 4.99 Å². The van der Waals surface area contributed by atoms with Crippen LogP contribution in [-0.4, -0.2) is 11.4 Å². The van der Waals surface area contributed by atoms with E-state index < -0.39 is 11.6 Å². The molecule has 4 nitrogen and oxygen atoms in total. The molecule has 0 N–H and O–H groups in total. The molecule has 0 saturated carbocycles. The van der Waals surface area contributed by atoms with E-state index in [9.17, 15) is 14.0 Å². The van der Waals surface area contributed by atoms with E-state index in [1.54, 1.807) is 18.2 Å². The summed E-state index contributed by atoms with van der Waals surface area (Å²) in [5.74, 6) is -1.25. The maximum atomic E-state index is 13.6. The molecular weight excluding hydrogens is 383 g/mol. The monoisotopic (exact) mass is 391 g/mol. The Bertz CT molecular complexity index is 1020. The zero-order valence-corrected chi connectivity index (χ0v) is 14.5. The van der Waals surface area contributed by atoms with Crippen LogP contribution in [0.2, 0.25) is 10.0 Å². The highest BCUT2D eigenvalue weighted by Gasteiger charge is 2.21. The molecule has 0 fully saturated rings. The van der Waals surface area contributed by atoms with Crippen LogP contribution in [0.15, 0.2) is 45.9 Å². The van der Waals surface area contributed by atoms with Crippen LogP contribution in [0.4, 0.5) is 14.5 Å². The second-order valence-corrected chi connectivity index (χ2v) is 5.96. The molecule has 0 saturated heterocycles. The summed E-state index contributed by atoms with van der Waals surface area (Å²) < 4.78 is 31.7. The number of benzene rings is 2. The van der Waals surface area contributed by atoms with Gasteiger partial charge in [0.2, 0.25) is 0 Å². The van der Waals surface area contributed by atoms with Gasteiger partial charge in [-0.25, -0.2) is 8.78 Å². The second-order valence-electron chi connectivity index (χ2n) is 5.15. The van der Waals surface area contributed by atoms with Crippen molar-refractivity contribution < 1.29 is 13.3 Å². The van der Waals surface area contributed by atoms with E-state index in [2.05, 4.69) is 10.1 Å². The predicted molar refractivity (Wildman–Crippen MR) is 94.9 cm³/mol. The summed E-state index contributed by atoms with van der Waals surface area (Å²) in [4.78, 5) is 3.92. The summed E-state index contributed by atoms with van der Waals surface area (Å²) in [5.41, 5.74) is 0.744. The van der Waals surface area contributed by atoms with Gasteiger partial charge >= 0.3 is 0 Å². The van der Waals surface area contributed by atoms with Gasteiger partial charge < -0.3 is 4.52 Å². The number of hydrogen-bond acceptors (Lipinski definition) is 4. The number of rotatable bonds is 4. The Morgan fingerprint density at radius 2 is 1.92 bits per heavy atom. The summed E-state index contributed by atoms with van der Waals surface area (Å²) >= 11 is 12.3. The maximum Gasteiger partial charge on any atom is 0.160 e. The summed E-state index contributed by atoms with van der Waals surface area (Å²) in [6.45, 7) is 0. The minimum absolute atomic E-state index is 0.0289. The average Bonchev–Trinajstić information content (AvgIpc) is 2.99. The number of hydrogen-bond donors (Lipinski definition) is 0. The van der Waals surface area contributed by atoms with Crippen molar-refractivity contribution in [3.05, 3.63) is 69.4 Å². The van der Waals surface area contributed by atoms with E-state index in [-0.39, 0.29) is 29.1 Å². The maximum absolute atomic E-state index is 13.6. The number of halogens is 4. The fourth-order valence-electron chi connectivity index (χ4n) is 2.29. The highest BCUT2D eigenvalue weighted by atomic mass is 35.5. The van der Waals surface area contributed by atoms with E-state index in [0.717, 1.165) is 12.1 Å². The molecule has 0 unspecified atom stereocenters. The molecule has 0 aliphatic rings. The molecule has 1 aromatic heterocycles. The van der Waals surface area contributed by atoms with Crippen molar-refractivity contribution in [2.45, 2.75) is 6.42 Å². The van der Waals surface area contributed by atoms with Crippen molar-refractivity contribution in [1.82, 2.24) is 5.16 Å². The van der Waals surface area contributed by atoms with Crippen molar-refractivity contribution in [2.24, 2.45) is 4.99 Å². The molecule has 3 rings (SSSR count). The number of nitrogens with zero attached hydrogens (tertiary/aromatic N) is 3. The first kappa shape index (κ1) is 18.1. The molecule has 0 amide bonds. The minimum atomic E-state index is -0.789. The van der Waals surface area contributed by atoms with E-state index >= 15 is 0 Å². The van der Waals surface area contributed by atoms with Crippen molar-refractivity contribution >= 4 is 35.1 Å². The lowest BCUT2D eigenvalue weighted by Crippen LogP contribution is -1.90. The van der Waals surface area contributed by atoms with Crippen molar-refractivity contribution in [3.63, 3.8) is 0 Å². The summed E-state index contributed by atoms with van der Waals surface area (Å²) in [5, 5.41) is 14.0. The molecule has 130 valence electrons. The highest BCUT2D eigenvalue weighted by Crippen LogP contribution is 2.36. The van der Waals surface area contributed by atoms with E-state index in [0.29, 0.717) is 15.6 Å². The Morgan fingerprint density at radius 3 is 2.58 bits per heavy atom. The second kappa shape index (κ2) is 7.65.